The van der Waals surface area contributed by atoms with Gasteiger partial charge in [0.15, 0.2) is 11.5 Å². The number of phenolic OH excluding ortho intramolecular Hbond substituents is 1. The van der Waals surface area contributed by atoms with Crippen LogP contribution in [0.25, 0.3) is 0 Å². The third-order valence-electron chi connectivity index (χ3n) is 1.65. The number of hydrogen-bond donors (Lipinski definition) is 1. The molecule has 0 bridgehead atoms. The number of nitrogens with zero attached hydrogens (tertiary/aromatic N) is 1. The van der Waals surface area contributed by atoms with Gasteiger partial charge in [-0.1, -0.05) is 12.1 Å². The van der Waals surface area contributed by atoms with Crippen molar-refractivity contribution in [2.75, 3.05) is 7.11 Å². The van der Waals surface area contributed by atoms with Gasteiger partial charge in [0.25, 0.3) is 0 Å². The zero-order valence-electron chi connectivity index (χ0n) is 7.40. The summed E-state index contributed by atoms with van der Waals surface area (Å²) in [4.78, 5) is 12.7. The molecule has 14 heavy (non-hydrogen) atoms. The predicted molar refractivity (Wildman–Crippen MR) is 46.6 cm³/mol. The number of aromatic hydroxyl groups is 1. The van der Waals surface area contributed by atoms with E-state index in [1.54, 1.807) is 0 Å². The number of rotatable bonds is 3. The third kappa shape index (κ3) is 1.89. The van der Waals surface area contributed by atoms with E-state index in [1.807, 2.05) is 0 Å². The van der Waals surface area contributed by atoms with E-state index in [1.165, 1.54) is 25.3 Å². The maximum absolute atomic E-state index is 13.1. The zero-order chi connectivity index (χ0) is 10.6. The molecule has 5 heteroatoms. The molecule has 0 aliphatic rings. The van der Waals surface area contributed by atoms with Gasteiger partial charge in [-0.25, -0.2) is 9.18 Å². The molecule has 0 fully saturated rings. The van der Waals surface area contributed by atoms with Crippen LogP contribution in [0.3, 0.4) is 0 Å². The second kappa shape index (κ2) is 4.39. The van der Waals surface area contributed by atoms with Crippen molar-refractivity contribution in [3.05, 3.63) is 23.8 Å². The number of carbonyl (C=O) groups excluding carboxylic acids is 1. The molecule has 0 aromatic heterocycles. The first kappa shape index (κ1) is 10.2. The van der Waals surface area contributed by atoms with E-state index in [2.05, 4.69) is 4.99 Å². The molecule has 0 saturated carbocycles. The Hall–Kier alpha value is -1.87. The summed E-state index contributed by atoms with van der Waals surface area (Å²) in [5, 5.41) is 9.28. The Morgan fingerprint density at radius 2 is 2.36 bits per heavy atom. The fourth-order valence-electron chi connectivity index (χ4n) is 1.07. The molecular formula is C9H8FNO3. The van der Waals surface area contributed by atoms with E-state index in [0.717, 1.165) is 6.08 Å². The van der Waals surface area contributed by atoms with Crippen LogP contribution in [0.5, 0.6) is 11.5 Å². The minimum absolute atomic E-state index is 0.00384. The summed E-state index contributed by atoms with van der Waals surface area (Å²) < 4.78 is 17.9. The van der Waals surface area contributed by atoms with E-state index in [9.17, 15) is 14.3 Å². The number of aliphatic imine (C=N–C) groups is 1. The molecule has 1 aromatic rings. The van der Waals surface area contributed by atoms with Crippen molar-refractivity contribution < 1.29 is 19.0 Å². The van der Waals surface area contributed by atoms with Crippen LogP contribution in [0.4, 0.5) is 4.39 Å². The lowest BCUT2D eigenvalue weighted by Crippen LogP contribution is -1.94. The van der Waals surface area contributed by atoms with Crippen molar-refractivity contribution >= 4 is 6.08 Å². The van der Waals surface area contributed by atoms with Crippen molar-refractivity contribution in [2.24, 2.45) is 4.99 Å². The maximum Gasteiger partial charge on any atom is 0.238 e. The number of halogens is 1. The Kier molecular flexibility index (Phi) is 3.20. The summed E-state index contributed by atoms with van der Waals surface area (Å²) >= 11 is 0. The van der Waals surface area contributed by atoms with E-state index in [-0.39, 0.29) is 17.1 Å². The molecule has 74 valence electrons. The lowest BCUT2D eigenvalue weighted by atomic mass is 10.1. The van der Waals surface area contributed by atoms with E-state index >= 15 is 0 Å². The summed E-state index contributed by atoms with van der Waals surface area (Å²) in [6, 6.07) is 4.14. The number of phenols is 1. The third-order valence-corrected chi connectivity index (χ3v) is 1.65. The number of methoxy groups -OCH3 is 1. The van der Waals surface area contributed by atoms with Crippen LogP contribution in [0.15, 0.2) is 23.2 Å². The first-order chi connectivity index (χ1) is 6.70. The first-order valence-electron chi connectivity index (χ1n) is 3.77. The number of ether oxygens (including phenoxy) is 1. The molecule has 0 aliphatic heterocycles. The van der Waals surface area contributed by atoms with Crippen LogP contribution >= 0.6 is 0 Å². The van der Waals surface area contributed by atoms with Crippen molar-refractivity contribution in [1.29, 1.82) is 0 Å². The molecule has 0 radical (unpaired) electrons. The van der Waals surface area contributed by atoms with Crippen LogP contribution in [-0.2, 0) is 4.79 Å². The minimum atomic E-state index is -1.87. The van der Waals surface area contributed by atoms with Crippen LogP contribution < -0.4 is 4.74 Å². The van der Waals surface area contributed by atoms with Crippen molar-refractivity contribution in [2.45, 2.75) is 6.30 Å². The number of isocyanates is 1. The quantitative estimate of drug-likeness (QED) is 0.455. The summed E-state index contributed by atoms with van der Waals surface area (Å²) in [7, 11) is 1.29. The highest BCUT2D eigenvalue weighted by Gasteiger charge is 2.16. The Morgan fingerprint density at radius 1 is 1.64 bits per heavy atom. The summed E-state index contributed by atoms with van der Waals surface area (Å²) in [6.07, 6.45) is -0.767. The second-order valence-electron chi connectivity index (χ2n) is 2.46. The molecule has 0 saturated heterocycles. The maximum atomic E-state index is 13.1. The zero-order valence-corrected chi connectivity index (χ0v) is 7.40. The van der Waals surface area contributed by atoms with Gasteiger partial charge in [0.1, 0.15) is 0 Å². The van der Waals surface area contributed by atoms with Gasteiger partial charge in [-0.05, 0) is 6.07 Å². The van der Waals surface area contributed by atoms with Crippen LogP contribution in [0.1, 0.15) is 11.9 Å². The molecule has 4 nitrogen and oxygen atoms in total. The lowest BCUT2D eigenvalue weighted by Gasteiger charge is -2.09. The molecule has 0 amide bonds. The van der Waals surface area contributed by atoms with Crippen molar-refractivity contribution in [3.8, 4) is 11.5 Å². The minimum Gasteiger partial charge on any atom is -0.504 e. The van der Waals surface area contributed by atoms with Gasteiger partial charge >= 0.3 is 0 Å². The molecule has 1 atom stereocenters. The summed E-state index contributed by atoms with van der Waals surface area (Å²) in [5.74, 6) is -0.229. The van der Waals surface area contributed by atoms with E-state index in [0.29, 0.717) is 0 Å². The topological polar surface area (TPSA) is 58.9 Å². The van der Waals surface area contributed by atoms with Crippen molar-refractivity contribution in [3.63, 3.8) is 0 Å². The normalized spacial score (nSPS) is 11.6. The Bertz CT molecular complexity index is 374. The van der Waals surface area contributed by atoms with Crippen LogP contribution in [0, 0.1) is 0 Å². The highest BCUT2D eigenvalue weighted by molar-refractivity contribution is 5.47. The predicted octanol–water partition coefficient (Wildman–Crippen LogP) is 1.70. The molecule has 0 spiro atoms. The summed E-state index contributed by atoms with van der Waals surface area (Å²) in [6.45, 7) is 0. The van der Waals surface area contributed by atoms with Gasteiger partial charge in [0.2, 0.25) is 12.4 Å². The van der Waals surface area contributed by atoms with Gasteiger partial charge in [0, 0.05) is 0 Å². The molecule has 1 aromatic carbocycles. The monoisotopic (exact) mass is 197 g/mol. The van der Waals surface area contributed by atoms with Gasteiger partial charge in [0.05, 0.1) is 12.7 Å². The SMILES string of the molecule is COc1c(O)cccc1C(F)N=C=O. The van der Waals surface area contributed by atoms with Crippen molar-refractivity contribution in [1.82, 2.24) is 0 Å². The van der Waals surface area contributed by atoms with E-state index < -0.39 is 6.30 Å². The molecule has 1 N–H and O–H groups in total. The number of hydrogen-bond acceptors (Lipinski definition) is 4. The van der Waals surface area contributed by atoms with Gasteiger partial charge in [-0.3, -0.25) is 0 Å². The Labute approximate surface area is 79.7 Å². The fourth-order valence-corrected chi connectivity index (χ4v) is 1.07. The molecule has 1 rings (SSSR count). The standard InChI is InChI=1S/C9H8FNO3/c1-14-8-6(9(10)11-5-12)3-2-4-7(8)13/h2-4,9,13H,1H3. The fraction of sp³-hybridized carbons (Fsp3) is 0.222. The highest BCUT2D eigenvalue weighted by Crippen LogP contribution is 2.35. The lowest BCUT2D eigenvalue weighted by molar-refractivity contribution is 0.322. The summed E-state index contributed by atoms with van der Waals surface area (Å²) in [5.41, 5.74) is -0.00384. The smallest absolute Gasteiger partial charge is 0.238 e. The number of alkyl halides is 1. The molecular weight excluding hydrogens is 189 g/mol. The van der Waals surface area contributed by atoms with E-state index in [4.69, 9.17) is 4.74 Å². The van der Waals surface area contributed by atoms with Crippen LogP contribution in [-0.4, -0.2) is 18.3 Å². The number of benzene rings is 1. The second-order valence-corrected chi connectivity index (χ2v) is 2.46. The van der Waals surface area contributed by atoms with Gasteiger partial charge < -0.3 is 9.84 Å². The average Bonchev–Trinajstić information content (AvgIpc) is 2.17. The molecule has 0 aliphatic carbocycles. The Balaban J connectivity index is 3.19. The van der Waals surface area contributed by atoms with Gasteiger partial charge in [-0.15, -0.1) is 0 Å². The molecule has 0 heterocycles. The Morgan fingerprint density at radius 3 is 2.93 bits per heavy atom. The number of para-hydroxylation sites is 1. The molecule has 1 unspecified atom stereocenters. The van der Waals surface area contributed by atoms with Crippen LogP contribution in [0.2, 0.25) is 0 Å². The average molecular weight is 197 g/mol. The first-order valence-corrected chi connectivity index (χ1v) is 3.77. The largest absolute Gasteiger partial charge is 0.504 e. The highest BCUT2D eigenvalue weighted by atomic mass is 19.1. The van der Waals surface area contributed by atoms with Gasteiger partial charge in [-0.2, -0.15) is 4.99 Å².